The van der Waals surface area contributed by atoms with Crippen LogP contribution in [0.1, 0.15) is 12.8 Å². The number of rotatable bonds is 3. The Morgan fingerprint density at radius 1 is 1.50 bits per heavy atom. The molecule has 4 heteroatoms. The van der Waals surface area contributed by atoms with Gasteiger partial charge in [0.15, 0.2) is 0 Å². The zero-order valence-electron chi connectivity index (χ0n) is 8.41. The highest BCUT2D eigenvalue weighted by molar-refractivity contribution is 5.86. The van der Waals surface area contributed by atoms with Crippen LogP contribution in [0.5, 0.6) is 0 Å². The third-order valence-corrected chi connectivity index (χ3v) is 3.08. The predicted molar refractivity (Wildman–Crippen MR) is 54.4 cm³/mol. The van der Waals surface area contributed by atoms with Crippen molar-refractivity contribution >= 4 is 5.84 Å². The fourth-order valence-electron chi connectivity index (χ4n) is 2.24. The first kappa shape index (κ1) is 9.93. The van der Waals surface area contributed by atoms with E-state index in [4.69, 9.17) is 4.74 Å². The van der Waals surface area contributed by atoms with Crippen LogP contribution in [0.4, 0.5) is 0 Å². The Bertz CT molecular complexity index is 212. The van der Waals surface area contributed by atoms with Gasteiger partial charge in [-0.15, -0.1) is 0 Å². The molecule has 1 unspecified atom stereocenters. The number of nitrogens with one attached hydrogen (secondary N) is 1. The second-order valence-corrected chi connectivity index (χ2v) is 3.93. The van der Waals surface area contributed by atoms with Gasteiger partial charge >= 0.3 is 0 Å². The maximum atomic E-state index is 9.38. The second kappa shape index (κ2) is 4.75. The highest BCUT2D eigenvalue weighted by atomic mass is 16.5. The molecule has 2 rings (SSSR count). The molecule has 80 valence electrons. The van der Waals surface area contributed by atoms with E-state index in [0.717, 1.165) is 45.0 Å². The number of ether oxygens (including phenoxy) is 1. The maximum absolute atomic E-state index is 9.38. The van der Waals surface area contributed by atoms with E-state index in [1.54, 1.807) is 0 Å². The van der Waals surface area contributed by atoms with Gasteiger partial charge in [-0.05, 0) is 18.8 Å². The summed E-state index contributed by atoms with van der Waals surface area (Å²) in [5, 5.41) is 12.6. The van der Waals surface area contributed by atoms with Gasteiger partial charge in [-0.3, -0.25) is 4.99 Å². The first-order chi connectivity index (χ1) is 6.92. The van der Waals surface area contributed by atoms with Crippen molar-refractivity contribution in [1.82, 2.24) is 5.32 Å². The first-order valence-electron chi connectivity index (χ1n) is 5.38. The van der Waals surface area contributed by atoms with Crippen LogP contribution in [-0.4, -0.2) is 43.9 Å². The molecule has 0 spiro atoms. The Balaban J connectivity index is 1.96. The minimum atomic E-state index is 0.205. The molecule has 0 saturated carbocycles. The SMILES string of the molecule is OCC(C1=NCCN1)C1CCOCC1. The number of aliphatic imine (C=N–C) groups is 1. The first-order valence-corrected chi connectivity index (χ1v) is 5.38. The largest absolute Gasteiger partial charge is 0.396 e. The van der Waals surface area contributed by atoms with Gasteiger partial charge in [0.25, 0.3) is 0 Å². The molecule has 2 aliphatic rings. The zero-order chi connectivity index (χ0) is 9.80. The molecule has 2 heterocycles. The summed E-state index contributed by atoms with van der Waals surface area (Å²) in [6, 6.07) is 0. The summed E-state index contributed by atoms with van der Waals surface area (Å²) in [5.74, 6) is 1.76. The Labute approximate surface area is 84.4 Å². The van der Waals surface area contributed by atoms with Crippen LogP contribution in [0.3, 0.4) is 0 Å². The molecule has 0 aliphatic carbocycles. The quantitative estimate of drug-likeness (QED) is 0.672. The predicted octanol–water partition coefficient (Wildman–Crippen LogP) is 0.0232. The smallest absolute Gasteiger partial charge is 0.102 e. The molecular weight excluding hydrogens is 180 g/mol. The van der Waals surface area contributed by atoms with Crippen molar-refractivity contribution in [2.24, 2.45) is 16.8 Å². The minimum absolute atomic E-state index is 0.205. The minimum Gasteiger partial charge on any atom is -0.396 e. The molecule has 0 radical (unpaired) electrons. The lowest BCUT2D eigenvalue weighted by Crippen LogP contribution is -2.37. The lowest BCUT2D eigenvalue weighted by atomic mass is 9.85. The Morgan fingerprint density at radius 2 is 2.29 bits per heavy atom. The van der Waals surface area contributed by atoms with Crippen molar-refractivity contribution in [3.63, 3.8) is 0 Å². The van der Waals surface area contributed by atoms with E-state index in [1.165, 1.54) is 0 Å². The zero-order valence-corrected chi connectivity index (χ0v) is 8.41. The Hall–Kier alpha value is -0.610. The van der Waals surface area contributed by atoms with Gasteiger partial charge in [0.05, 0.1) is 13.2 Å². The lowest BCUT2D eigenvalue weighted by molar-refractivity contribution is 0.0468. The van der Waals surface area contributed by atoms with Crippen LogP contribution in [-0.2, 0) is 4.74 Å². The molecule has 0 aromatic carbocycles. The van der Waals surface area contributed by atoms with E-state index >= 15 is 0 Å². The molecule has 0 aromatic rings. The third-order valence-electron chi connectivity index (χ3n) is 3.08. The van der Waals surface area contributed by atoms with Gasteiger partial charge in [0, 0.05) is 25.7 Å². The molecule has 0 amide bonds. The normalized spacial score (nSPS) is 25.6. The summed E-state index contributed by atoms with van der Waals surface area (Å²) in [5.41, 5.74) is 0. The van der Waals surface area contributed by atoms with E-state index < -0.39 is 0 Å². The van der Waals surface area contributed by atoms with E-state index in [0.29, 0.717) is 5.92 Å². The molecule has 4 nitrogen and oxygen atoms in total. The van der Waals surface area contributed by atoms with Crippen molar-refractivity contribution < 1.29 is 9.84 Å². The van der Waals surface area contributed by atoms with Crippen LogP contribution in [0, 0.1) is 11.8 Å². The maximum Gasteiger partial charge on any atom is 0.102 e. The van der Waals surface area contributed by atoms with Crippen molar-refractivity contribution in [2.45, 2.75) is 12.8 Å². The summed E-state index contributed by atoms with van der Waals surface area (Å²) >= 11 is 0. The molecule has 1 atom stereocenters. The molecule has 1 fully saturated rings. The average Bonchev–Trinajstić information content (AvgIpc) is 2.74. The molecule has 0 aromatic heterocycles. The fourth-order valence-corrected chi connectivity index (χ4v) is 2.24. The fraction of sp³-hybridized carbons (Fsp3) is 0.900. The number of hydrogen-bond donors (Lipinski definition) is 2. The van der Waals surface area contributed by atoms with Gasteiger partial charge in [0.2, 0.25) is 0 Å². The van der Waals surface area contributed by atoms with Crippen molar-refractivity contribution in [2.75, 3.05) is 32.9 Å². The van der Waals surface area contributed by atoms with Gasteiger partial charge in [0.1, 0.15) is 5.84 Å². The molecular formula is C10H18N2O2. The van der Waals surface area contributed by atoms with Crippen molar-refractivity contribution in [3.05, 3.63) is 0 Å². The highest BCUT2D eigenvalue weighted by Gasteiger charge is 2.28. The van der Waals surface area contributed by atoms with Crippen LogP contribution < -0.4 is 5.32 Å². The van der Waals surface area contributed by atoms with Gasteiger partial charge in [-0.1, -0.05) is 0 Å². The van der Waals surface area contributed by atoms with Crippen LogP contribution in [0.2, 0.25) is 0 Å². The summed E-state index contributed by atoms with van der Waals surface area (Å²) in [6.45, 7) is 3.64. The number of hydrogen-bond acceptors (Lipinski definition) is 4. The second-order valence-electron chi connectivity index (χ2n) is 3.93. The number of amidine groups is 1. The summed E-state index contributed by atoms with van der Waals surface area (Å²) in [4.78, 5) is 4.39. The molecule has 14 heavy (non-hydrogen) atoms. The van der Waals surface area contributed by atoms with Gasteiger partial charge in [-0.25, -0.2) is 0 Å². The molecule has 2 aliphatic heterocycles. The summed E-state index contributed by atoms with van der Waals surface area (Å²) < 4.78 is 5.32. The van der Waals surface area contributed by atoms with Crippen LogP contribution in [0.15, 0.2) is 4.99 Å². The van der Waals surface area contributed by atoms with E-state index in [1.807, 2.05) is 0 Å². The summed E-state index contributed by atoms with van der Waals surface area (Å²) in [7, 11) is 0. The highest BCUT2D eigenvalue weighted by Crippen LogP contribution is 2.24. The van der Waals surface area contributed by atoms with Gasteiger partial charge in [-0.2, -0.15) is 0 Å². The van der Waals surface area contributed by atoms with Crippen LogP contribution >= 0.6 is 0 Å². The monoisotopic (exact) mass is 198 g/mol. The van der Waals surface area contributed by atoms with Crippen LogP contribution in [0.25, 0.3) is 0 Å². The molecule has 2 N–H and O–H groups in total. The van der Waals surface area contributed by atoms with Crippen molar-refractivity contribution in [3.8, 4) is 0 Å². The third kappa shape index (κ3) is 2.07. The molecule has 0 bridgehead atoms. The lowest BCUT2D eigenvalue weighted by Gasteiger charge is -2.29. The number of nitrogens with zero attached hydrogens (tertiary/aromatic N) is 1. The topological polar surface area (TPSA) is 53.9 Å². The van der Waals surface area contributed by atoms with Gasteiger partial charge < -0.3 is 15.2 Å². The Morgan fingerprint density at radius 3 is 2.86 bits per heavy atom. The van der Waals surface area contributed by atoms with Crippen molar-refractivity contribution in [1.29, 1.82) is 0 Å². The number of aliphatic hydroxyl groups is 1. The summed E-state index contributed by atoms with van der Waals surface area (Å²) in [6.07, 6.45) is 2.10. The van der Waals surface area contributed by atoms with E-state index in [2.05, 4.69) is 10.3 Å². The standard InChI is InChI=1S/C10H18N2O2/c13-7-9(10-11-3-4-12-10)8-1-5-14-6-2-8/h8-9,13H,1-7H2,(H,11,12). The van der Waals surface area contributed by atoms with E-state index in [9.17, 15) is 5.11 Å². The molecule has 1 saturated heterocycles. The van der Waals surface area contributed by atoms with E-state index in [-0.39, 0.29) is 12.5 Å². The Kier molecular flexibility index (Phi) is 3.37. The average molecular weight is 198 g/mol. The number of aliphatic hydroxyl groups excluding tert-OH is 1.